The molecular formula is C28H43N3O6. The minimum atomic E-state index is -0.521. The van der Waals surface area contributed by atoms with E-state index in [0.717, 1.165) is 25.1 Å². The average molecular weight is 518 g/mol. The van der Waals surface area contributed by atoms with E-state index in [1.165, 1.54) is 25.7 Å². The van der Waals surface area contributed by atoms with Crippen LogP contribution in [0.3, 0.4) is 0 Å². The van der Waals surface area contributed by atoms with Crippen molar-refractivity contribution in [2.45, 2.75) is 50.6 Å². The van der Waals surface area contributed by atoms with Crippen LogP contribution in [0.4, 0.5) is 0 Å². The number of nitrogens with zero attached hydrogens (tertiary/aromatic N) is 3. The summed E-state index contributed by atoms with van der Waals surface area (Å²) in [6.07, 6.45) is 6.19. The number of carbonyl (C=O) groups is 2. The van der Waals surface area contributed by atoms with E-state index < -0.39 is 12.0 Å². The van der Waals surface area contributed by atoms with Crippen molar-refractivity contribution in [3.63, 3.8) is 0 Å². The van der Waals surface area contributed by atoms with Crippen LogP contribution in [-0.2, 0) is 14.3 Å². The molecule has 0 N–H and O–H groups in total. The topological polar surface area (TPSA) is 80.8 Å². The van der Waals surface area contributed by atoms with Gasteiger partial charge in [-0.3, -0.25) is 9.59 Å². The quantitative estimate of drug-likeness (QED) is 0.472. The van der Waals surface area contributed by atoms with E-state index in [0.29, 0.717) is 48.9 Å². The van der Waals surface area contributed by atoms with E-state index in [4.69, 9.17) is 18.9 Å². The summed E-state index contributed by atoms with van der Waals surface area (Å²) in [5.74, 6) is 1.35. The van der Waals surface area contributed by atoms with Crippen LogP contribution >= 0.6 is 0 Å². The standard InChI is InChI=1S/C28H43N3O6/c1-29-24(32)17-21(25(29)20-11-12-23(35-3)27(37-5)26(20)36-4)28(33)31(15-16-34-2)18-19-9-8-14-30-13-7-6-10-22(19)30/h11-12,19,21-22,25H,6-10,13-18H2,1-5H3/t19-,21+,22+,25-/m0/s1. The van der Waals surface area contributed by atoms with Gasteiger partial charge in [0.25, 0.3) is 0 Å². The predicted octanol–water partition coefficient (Wildman–Crippen LogP) is 2.97. The number of piperidine rings is 2. The fourth-order valence-corrected chi connectivity index (χ4v) is 6.67. The molecule has 0 saturated carbocycles. The molecule has 1 aromatic carbocycles. The van der Waals surface area contributed by atoms with Crippen LogP contribution in [0.5, 0.6) is 17.2 Å². The van der Waals surface area contributed by atoms with Gasteiger partial charge in [-0.25, -0.2) is 0 Å². The van der Waals surface area contributed by atoms with Gasteiger partial charge in [0.15, 0.2) is 11.5 Å². The summed E-state index contributed by atoms with van der Waals surface area (Å²) in [5, 5.41) is 0. The molecule has 3 aliphatic rings. The number of methoxy groups -OCH3 is 4. The number of amides is 2. The molecule has 1 aromatic rings. The second kappa shape index (κ2) is 12.3. The Morgan fingerprint density at radius 1 is 1.00 bits per heavy atom. The maximum atomic E-state index is 14.2. The van der Waals surface area contributed by atoms with E-state index in [-0.39, 0.29) is 18.2 Å². The van der Waals surface area contributed by atoms with Crippen LogP contribution in [0.15, 0.2) is 12.1 Å². The monoisotopic (exact) mass is 517 g/mol. The van der Waals surface area contributed by atoms with Crippen LogP contribution in [0, 0.1) is 11.8 Å². The third-order valence-electron chi connectivity index (χ3n) is 8.52. The highest BCUT2D eigenvalue weighted by Crippen LogP contribution is 2.48. The summed E-state index contributed by atoms with van der Waals surface area (Å²) < 4.78 is 22.2. The summed E-state index contributed by atoms with van der Waals surface area (Å²) in [4.78, 5) is 33.5. The molecule has 9 nitrogen and oxygen atoms in total. The van der Waals surface area contributed by atoms with E-state index >= 15 is 0 Å². The summed E-state index contributed by atoms with van der Waals surface area (Å²) in [6, 6.07) is 3.75. The lowest BCUT2D eigenvalue weighted by molar-refractivity contribution is -0.138. The number of rotatable bonds is 10. The molecule has 3 fully saturated rings. The van der Waals surface area contributed by atoms with Crippen molar-refractivity contribution in [2.75, 3.05) is 68.3 Å². The lowest BCUT2D eigenvalue weighted by Crippen LogP contribution is -2.52. The van der Waals surface area contributed by atoms with E-state index in [1.54, 1.807) is 46.5 Å². The smallest absolute Gasteiger partial charge is 0.228 e. The summed E-state index contributed by atoms with van der Waals surface area (Å²) >= 11 is 0. The first-order valence-corrected chi connectivity index (χ1v) is 13.5. The summed E-state index contributed by atoms with van der Waals surface area (Å²) in [7, 11) is 8.12. The van der Waals surface area contributed by atoms with Gasteiger partial charge in [-0.05, 0) is 56.8 Å². The van der Waals surface area contributed by atoms with Gasteiger partial charge in [0.2, 0.25) is 17.6 Å². The van der Waals surface area contributed by atoms with Crippen molar-refractivity contribution in [1.29, 1.82) is 0 Å². The number of ether oxygens (including phenoxy) is 4. The molecular weight excluding hydrogens is 474 g/mol. The highest BCUT2D eigenvalue weighted by molar-refractivity contribution is 5.90. The van der Waals surface area contributed by atoms with Crippen molar-refractivity contribution in [1.82, 2.24) is 14.7 Å². The van der Waals surface area contributed by atoms with E-state index in [9.17, 15) is 9.59 Å². The second-order valence-electron chi connectivity index (χ2n) is 10.5. The van der Waals surface area contributed by atoms with E-state index in [1.807, 2.05) is 11.0 Å². The summed E-state index contributed by atoms with van der Waals surface area (Å²) in [5.41, 5.74) is 0.745. The fraction of sp³-hybridized carbons (Fsp3) is 0.714. The van der Waals surface area contributed by atoms with Gasteiger partial charge in [-0.2, -0.15) is 0 Å². The molecule has 206 valence electrons. The van der Waals surface area contributed by atoms with Gasteiger partial charge in [0.1, 0.15) is 0 Å². The van der Waals surface area contributed by atoms with Gasteiger partial charge in [-0.15, -0.1) is 0 Å². The first kappa shape index (κ1) is 27.5. The molecule has 3 heterocycles. The minimum Gasteiger partial charge on any atom is -0.493 e. The number of hydrogen-bond acceptors (Lipinski definition) is 7. The maximum absolute atomic E-state index is 14.2. The molecule has 4 rings (SSSR count). The molecule has 0 radical (unpaired) electrons. The highest BCUT2D eigenvalue weighted by atomic mass is 16.5. The zero-order valence-electron chi connectivity index (χ0n) is 23.0. The Morgan fingerprint density at radius 3 is 2.46 bits per heavy atom. The van der Waals surface area contributed by atoms with Gasteiger partial charge in [0, 0.05) is 45.3 Å². The Balaban J connectivity index is 1.64. The largest absolute Gasteiger partial charge is 0.493 e. The highest BCUT2D eigenvalue weighted by Gasteiger charge is 2.46. The lowest BCUT2D eigenvalue weighted by atomic mass is 9.83. The Kier molecular flexibility index (Phi) is 9.18. The number of hydrogen-bond donors (Lipinski definition) is 0. The Morgan fingerprint density at radius 2 is 1.76 bits per heavy atom. The first-order valence-electron chi connectivity index (χ1n) is 13.5. The molecule has 4 atom stereocenters. The average Bonchev–Trinajstić information content (AvgIpc) is 3.23. The number of benzene rings is 1. The molecule has 3 saturated heterocycles. The molecule has 0 spiro atoms. The zero-order chi connectivity index (χ0) is 26.5. The van der Waals surface area contributed by atoms with Crippen molar-refractivity contribution < 1.29 is 28.5 Å². The SMILES string of the molecule is COCCN(C[C@@H]1CCCN2CCCC[C@H]12)C(=O)[C@@H]1CC(=O)N(C)[C@H]1c1ccc(OC)c(OC)c1OC. The van der Waals surface area contributed by atoms with Crippen LogP contribution in [0.1, 0.15) is 50.1 Å². The summed E-state index contributed by atoms with van der Waals surface area (Å²) in [6.45, 7) is 4.01. The normalized spacial score (nSPS) is 26.1. The molecule has 0 aliphatic carbocycles. The van der Waals surface area contributed by atoms with Gasteiger partial charge in [0.05, 0.1) is 39.9 Å². The van der Waals surface area contributed by atoms with Gasteiger partial charge < -0.3 is 33.6 Å². The Labute approximate surface area is 220 Å². The van der Waals surface area contributed by atoms with Crippen LogP contribution < -0.4 is 14.2 Å². The van der Waals surface area contributed by atoms with Crippen molar-refractivity contribution >= 4 is 11.8 Å². The number of carbonyl (C=O) groups excluding carboxylic acids is 2. The molecule has 9 heteroatoms. The predicted molar refractivity (Wildman–Crippen MR) is 140 cm³/mol. The second-order valence-corrected chi connectivity index (χ2v) is 10.5. The van der Waals surface area contributed by atoms with Gasteiger partial charge >= 0.3 is 0 Å². The molecule has 0 bridgehead atoms. The van der Waals surface area contributed by atoms with Crippen molar-refractivity contribution in [2.24, 2.45) is 11.8 Å². The lowest BCUT2D eigenvalue weighted by Gasteiger charge is -2.46. The van der Waals surface area contributed by atoms with Crippen molar-refractivity contribution in [3.8, 4) is 17.2 Å². The van der Waals surface area contributed by atoms with E-state index in [2.05, 4.69) is 4.90 Å². The Bertz CT molecular complexity index is 954. The van der Waals surface area contributed by atoms with Gasteiger partial charge in [-0.1, -0.05) is 6.42 Å². The molecule has 0 unspecified atom stereocenters. The molecule has 0 aromatic heterocycles. The third kappa shape index (κ3) is 5.53. The van der Waals surface area contributed by atoms with Crippen LogP contribution in [0.2, 0.25) is 0 Å². The molecule has 2 amide bonds. The van der Waals surface area contributed by atoms with Crippen molar-refractivity contribution in [3.05, 3.63) is 17.7 Å². The van der Waals surface area contributed by atoms with Crippen LogP contribution in [-0.4, -0.2) is 101 Å². The molecule has 3 aliphatic heterocycles. The fourth-order valence-electron chi connectivity index (χ4n) is 6.67. The Hall–Kier alpha value is -2.52. The molecule has 37 heavy (non-hydrogen) atoms. The maximum Gasteiger partial charge on any atom is 0.228 e. The number of fused-ring (bicyclic) bond motifs is 1. The zero-order valence-corrected chi connectivity index (χ0v) is 23.0. The first-order chi connectivity index (χ1) is 17.9. The number of likely N-dealkylation sites (tertiary alicyclic amines) is 1. The van der Waals surface area contributed by atoms with Crippen LogP contribution in [0.25, 0.3) is 0 Å². The third-order valence-corrected chi connectivity index (χ3v) is 8.52. The minimum absolute atomic E-state index is 0.00419.